The second kappa shape index (κ2) is 4.92. The van der Waals surface area contributed by atoms with Gasteiger partial charge in [0.05, 0.1) is 29.6 Å². The number of rotatable bonds is 1. The maximum Gasteiger partial charge on any atom is 0.188 e. The zero-order valence-electron chi connectivity index (χ0n) is 10.9. The van der Waals surface area contributed by atoms with Gasteiger partial charge in [0.2, 0.25) is 0 Å². The van der Waals surface area contributed by atoms with Crippen LogP contribution in [0.25, 0.3) is 4.85 Å². The topological polar surface area (TPSA) is 31.4 Å². The van der Waals surface area contributed by atoms with Gasteiger partial charge in [0.1, 0.15) is 0 Å². The Morgan fingerprint density at radius 3 is 2.55 bits per heavy atom. The normalized spacial score (nSPS) is 12.1. The molecule has 4 heteroatoms. The first kappa shape index (κ1) is 12.6. The Hall–Kier alpha value is -2.43. The molecule has 2 aromatic rings. The average molecular weight is 277 g/mol. The molecule has 20 heavy (non-hydrogen) atoms. The molecule has 0 aliphatic carbocycles. The van der Waals surface area contributed by atoms with Crippen molar-refractivity contribution >= 4 is 28.8 Å². The highest BCUT2D eigenvalue weighted by Gasteiger charge is 2.22. The molecule has 0 amide bonds. The van der Waals surface area contributed by atoms with Crippen LogP contribution in [0.5, 0.6) is 0 Å². The van der Waals surface area contributed by atoms with Crippen LogP contribution in [0, 0.1) is 17.9 Å². The third-order valence-corrected chi connectivity index (χ3v) is 4.37. The van der Waals surface area contributed by atoms with Gasteiger partial charge in [0.25, 0.3) is 0 Å². The lowest BCUT2D eigenvalue weighted by molar-refractivity contribution is 0.979. The molecule has 1 heterocycles. The highest BCUT2D eigenvalue weighted by molar-refractivity contribution is 7.99. The minimum Gasteiger partial charge on any atom is -0.340 e. The van der Waals surface area contributed by atoms with E-state index in [1.54, 1.807) is 11.8 Å². The summed E-state index contributed by atoms with van der Waals surface area (Å²) in [7, 11) is 0. The summed E-state index contributed by atoms with van der Waals surface area (Å²) in [5.41, 5.74) is 3.56. The molecular weight excluding hydrogens is 266 g/mol. The maximum atomic E-state index is 9.03. The lowest BCUT2D eigenvalue weighted by atomic mass is 10.1. The van der Waals surface area contributed by atoms with E-state index >= 15 is 0 Å². The fraction of sp³-hybridized carbons (Fsp3) is 0.125. The van der Waals surface area contributed by atoms with E-state index in [-0.39, 0.29) is 0 Å². The molecule has 0 saturated carbocycles. The Balaban J connectivity index is 2.17. The van der Waals surface area contributed by atoms with Gasteiger partial charge in [0.15, 0.2) is 5.69 Å². The van der Waals surface area contributed by atoms with Crippen LogP contribution in [0.2, 0.25) is 0 Å². The molecule has 0 bridgehead atoms. The fourth-order valence-corrected chi connectivity index (χ4v) is 3.52. The van der Waals surface area contributed by atoms with E-state index in [1.165, 1.54) is 0 Å². The second-order valence-corrected chi connectivity index (χ2v) is 5.49. The van der Waals surface area contributed by atoms with E-state index in [0.717, 1.165) is 27.7 Å². The van der Waals surface area contributed by atoms with Gasteiger partial charge in [-0.3, -0.25) is 0 Å². The van der Waals surface area contributed by atoms with Crippen LogP contribution >= 0.6 is 11.8 Å². The largest absolute Gasteiger partial charge is 0.340 e. The van der Waals surface area contributed by atoms with Crippen molar-refractivity contribution in [3.63, 3.8) is 0 Å². The molecule has 0 N–H and O–H groups in total. The van der Waals surface area contributed by atoms with Gasteiger partial charge < -0.3 is 4.90 Å². The van der Waals surface area contributed by atoms with E-state index in [0.29, 0.717) is 11.3 Å². The zero-order chi connectivity index (χ0) is 14.1. The number of hydrogen-bond donors (Lipinski definition) is 0. The Labute approximate surface area is 122 Å². The predicted octanol–water partition coefficient (Wildman–Crippen LogP) is 4.73. The minimum absolute atomic E-state index is 0.646. The van der Waals surface area contributed by atoms with Crippen LogP contribution in [0.4, 0.5) is 17.1 Å². The predicted molar refractivity (Wildman–Crippen MR) is 80.7 cm³/mol. The van der Waals surface area contributed by atoms with Gasteiger partial charge >= 0.3 is 0 Å². The minimum atomic E-state index is 0.646. The highest BCUT2D eigenvalue weighted by Crippen LogP contribution is 2.49. The molecular formula is C16H11N3S. The van der Waals surface area contributed by atoms with Crippen molar-refractivity contribution in [2.24, 2.45) is 0 Å². The summed E-state index contributed by atoms with van der Waals surface area (Å²) in [6, 6.07) is 13.7. The third-order valence-electron chi connectivity index (χ3n) is 3.28. The summed E-state index contributed by atoms with van der Waals surface area (Å²) >= 11 is 1.62. The van der Waals surface area contributed by atoms with Crippen LogP contribution in [0.15, 0.2) is 46.2 Å². The van der Waals surface area contributed by atoms with Gasteiger partial charge in [-0.15, -0.1) is 0 Å². The molecule has 0 aromatic heterocycles. The third kappa shape index (κ3) is 1.91. The SMILES string of the molecule is [C-]#[N+]c1ccc2c(c1)Sc1cc(C#N)ccc1N2CC. The highest BCUT2D eigenvalue weighted by atomic mass is 32.2. The fourth-order valence-electron chi connectivity index (χ4n) is 2.35. The number of anilines is 2. The molecule has 1 aliphatic rings. The Morgan fingerprint density at radius 1 is 1.20 bits per heavy atom. The lowest BCUT2D eigenvalue weighted by Gasteiger charge is -2.32. The summed E-state index contributed by atoms with van der Waals surface area (Å²) in [6.45, 7) is 10.1. The van der Waals surface area contributed by atoms with Crippen LogP contribution < -0.4 is 4.90 Å². The lowest BCUT2D eigenvalue weighted by Crippen LogP contribution is -2.19. The quantitative estimate of drug-likeness (QED) is 0.706. The molecule has 0 unspecified atom stereocenters. The maximum absolute atomic E-state index is 9.03. The van der Waals surface area contributed by atoms with Crippen LogP contribution in [-0.4, -0.2) is 6.54 Å². The molecule has 96 valence electrons. The monoisotopic (exact) mass is 277 g/mol. The summed E-state index contributed by atoms with van der Waals surface area (Å²) in [6.07, 6.45) is 0. The number of benzene rings is 2. The molecule has 3 nitrogen and oxygen atoms in total. The van der Waals surface area contributed by atoms with Gasteiger partial charge in [-0.2, -0.15) is 5.26 Å². The average Bonchev–Trinajstić information content (AvgIpc) is 2.51. The zero-order valence-corrected chi connectivity index (χ0v) is 11.7. The number of fused-ring (bicyclic) bond motifs is 2. The van der Waals surface area contributed by atoms with Crippen LogP contribution in [0.1, 0.15) is 12.5 Å². The Kier molecular flexibility index (Phi) is 3.10. The van der Waals surface area contributed by atoms with Gasteiger partial charge in [-0.1, -0.05) is 17.8 Å². The first-order chi connectivity index (χ1) is 9.76. The molecule has 2 aromatic carbocycles. The summed E-state index contributed by atoms with van der Waals surface area (Å²) < 4.78 is 0. The second-order valence-electron chi connectivity index (χ2n) is 4.40. The molecule has 0 saturated heterocycles. The van der Waals surface area contributed by atoms with E-state index < -0.39 is 0 Å². The van der Waals surface area contributed by atoms with E-state index in [1.807, 2.05) is 36.4 Å². The molecule has 0 radical (unpaired) electrons. The van der Waals surface area contributed by atoms with Gasteiger partial charge in [0, 0.05) is 16.3 Å². The van der Waals surface area contributed by atoms with Crippen molar-refractivity contribution in [1.29, 1.82) is 5.26 Å². The number of nitrogens with zero attached hydrogens (tertiary/aromatic N) is 3. The summed E-state index contributed by atoms with van der Waals surface area (Å²) in [5.74, 6) is 0. The molecule has 0 fully saturated rings. The van der Waals surface area contributed by atoms with Crippen molar-refractivity contribution in [2.75, 3.05) is 11.4 Å². The van der Waals surface area contributed by atoms with Crippen LogP contribution in [0.3, 0.4) is 0 Å². The van der Waals surface area contributed by atoms with Gasteiger partial charge in [-0.25, -0.2) is 4.85 Å². The Bertz CT molecular complexity index is 705. The number of nitriles is 1. The molecule has 0 atom stereocenters. The Morgan fingerprint density at radius 2 is 1.90 bits per heavy atom. The van der Waals surface area contributed by atoms with E-state index in [4.69, 9.17) is 11.8 Å². The first-order valence-electron chi connectivity index (χ1n) is 6.28. The van der Waals surface area contributed by atoms with Crippen molar-refractivity contribution < 1.29 is 0 Å². The number of hydrogen-bond acceptors (Lipinski definition) is 3. The van der Waals surface area contributed by atoms with Gasteiger partial charge in [-0.05, 0) is 37.3 Å². The van der Waals surface area contributed by atoms with Crippen molar-refractivity contribution in [1.82, 2.24) is 0 Å². The summed E-state index contributed by atoms with van der Waals surface area (Å²) in [4.78, 5) is 7.85. The smallest absolute Gasteiger partial charge is 0.188 e. The molecule has 1 aliphatic heterocycles. The van der Waals surface area contributed by atoms with Crippen molar-refractivity contribution in [3.8, 4) is 6.07 Å². The molecule has 3 rings (SSSR count). The summed E-state index contributed by atoms with van der Waals surface area (Å²) in [5, 5.41) is 9.03. The van der Waals surface area contributed by atoms with E-state index in [9.17, 15) is 0 Å². The van der Waals surface area contributed by atoms with Crippen LogP contribution in [-0.2, 0) is 0 Å². The molecule has 0 spiro atoms. The van der Waals surface area contributed by atoms with Crippen molar-refractivity contribution in [3.05, 3.63) is 53.4 Å². The van der Waals surface area contributed by atoms with E-state index in [2.05, 4.69) is 22.7 Å². The first-order valence-corrected chi connectivity index (χ1v) is 7.09. The van der Waals surface area contributed by atoms with Crippen molar-refractivity contribution in [2.45, 2.75) is 16.7 Å². The standard InChI is InChI=1S/C16H11N3S/c1-3-19-13-6-4-11(10-17)8-15(13)20-16-9-12(18-2)5-7-14(16)19/h4-9H,3H2,1H3.